The zero-order chi connectivity index (χ0) is 55.5. The zero-order valence-electron chi connectivity index (χ0n) is 40.7. The third-order valence-corrected chi connectivity index (χ3v) is 13.6. The normalized spacial score (nSPS) is 48.6. The van der Waals surface area contributed by atoms with Crippen molar-refractivity contribution < 1.29 is 148 Å². The number of hydrogen-bond acceptors (Lipinski definition) is 30. The fourth-order valence-corrected chi connectivity index (χ4v) is 9.45. The molecule has 6 fully saturated rings. The van der Waals surface area contributed by atoms with Crippen LogP contribution in [-0.4, -0.2) is 317 Å². The Morgan fingerprint density at radius 3 is 1.35 bits per heavy atom. The lowest BCUT2D eigenvalue weighted by Crippen LogP contribution is -2.70. The first kappa shape index (κ1) is 61.5. The molecule has 0 radical (unpaired) electrons. The molecule has 6 saturated heterocycles. The summed E-state index contributed by atoms with van der Waals surface area (Å²) >= 11 is 0. The molecule has 0 spiro atoms. The summed E-state index contributed by atoms with van der Waals surface area (Å²) in [5, 5.41) is 179. The van der Waals surface area contributed by atoms with Crippen LogP contribution in [0.1, 0.15) is 27.7 Å². The van der Waals surface area contributed by atoms with Gasteiger partial charge in [-0.05, 0) is 6.92 Å². The summed E-state index contributed by atoms with van der Waals surface area (Å²) in [6.45, 7) is 0.105. The summed E-state index contributed by atoms with van der Waals surface area (Å²) in [5.74, 6) is -2.31. The Bertz CT molecular complexity index is 1850. The van der Waals surface area contributed by atoms with Gasteiger partial charge in [0.15, 0.2) is 37.7 Å². The number of aliphatic hydroxyl groups excluding tert-OH is 16. The highest BCUT2D eigenvalue weighted by Gasteiger charge is 2.56. The summed E-state index contributed by atoms with van der Waals surface area (Å²) in [4.78, 5) is 36.8. The topological polar surface area (TPSA) is 513 Å². The molecule has 0 saturated carbocycles. The van der Waals surface area contributed by atoms with Crippen molar-refractivity contribution in [3.8, 4) is 0 Å². The molecular weight excluding hydrogens is 1030 g/mol. The van der Waals surface area contributed by atoms with Crippen LogP contribution in [0.3, 0.4) is 0 Å². The molecule has 434 valence electrons. The minimum Gasteiger partial charge on any atom is -0.394 e. The van der Waals surface area contributed by atoms with Gasteiger partial charge in [-0.25, -0.2) is 0 Å². The van der Waals surface area contributed by atoms with Crippen molar-refractivity contribution >= 4 is 17.7 Å². The standard InChI is InChI=1S/C42H71N3O30/c1-10-22(52)29(59)32(62)40(67-10)65-9-18-35(27(57)19(37(64)68-18)43-11(2)49)73-39-21(45-13(4)51)28(58)34(16(7-48)71-39)74-41-33(63)30(60)25(55)17(72-41)8-66-42-36(31(61)24(54)15(6-47)70-42)75-38-20(44-12(3)50)26(56)23(53)14(5-46)69-38/h10,14-42,46-48,52-64H,5-9H2,1-4H3,(H,43,49)(H,44,50)(H,45,51)/t10-,14+,15+,16+,17+,18+,19+,20+,21+,22+,23+,24+,25+,26+,27+,28+,29+,30-,31-,32-,33-,34+,35+,36-,37?,38-,39-,40+,41-,42-/m0/s1. The molecule has 19 N–H and O–H groups in total. The summed E-state index contributed by atoms with van der Waals surface area (Å²) in [5.41, 5.74) is 0. The number of ether oxygens (including phenoxy) is 11. The molecule has 6 aliphatic heterocycles. The van der Waals surface area contributed by atoms with Gasteiger partial charge >= 0.3 is 0 Å². The van der Waals surface area contributed by atoms with Gasteiger partial charge in [0, 0.05) is 20.8 Å². The van der Waals surface area contributed by atoms with Crippen LogP contribution in [0, 0.1) is 0 Å². The average molecular weight is 1100 g/mol. The van der Waals surface area contributed by atoms with E-state index in [1.165, 1.54) is 6.92 Å². The smallest absolute Gasteiger partial charge is 0.217 e. The van der Waals surface area contributed by atoms with Gasteiger partial charge in [-0.15, -0.1) is 0 Å². The Kier molecular flexibility index (Phi) is 21.8. The van der Waals surface area contributed by atoms with E-state index in [0.717, 1.165) is 20.8 Å². The first-order valence-electron chi connectivity index (χ1n) is 23.9. The van der Waals surface area contributed by atoms with Gasteiger partial charge < -0.3 is 150 Å². The molecule has 30 atom stereocenters. The van der Waals surface area contributed by atoms with E-state index in [1.807, 2.05) is 0 Å². The fourth-order valence-electron chi connectivity index (χ4n) is 9.45. The zero-order valence-corrected chi connectivity index (χ0v) is 40.7. The second-order valence-electron chi connectivity index (χ2n) is 19.0. The molecule has 0 aliphatic carbocycles. The minimum atomic E-state index is -2.16. The van der Waals surface area contributed by atoms with Gasteiger partial charge in [-0.2, -0.15) is 0 Å². The monoisotopic (exact) mass is 1100 g/mol. The van der Waals surface area contributed by atoms with E-state index >= 15 is 0 Å². The highest BCUT2D eigenvalue weighted by Crippen LogP contribution is 2.35. The van der Waals surface area contributed by atoms with Crippen LogP contribution in [0.25, 0.3) is 0 Å². The maximum absolute atomic E-state index is 12.6. The van der Waals surface area contributed by atoms with Crippen LogP contribution in [0.5, 0.6) is 0 Å². The van der Waals surface area contributed by atoms with Gasteiger partial charge in [-0.1, -0.05) is 0 Å². The molecule has 0 bridgehead atoms. The predicted molar refractivity (Wildman–Crippen MR) is 233 cm³/mol. The predicted octanol–water partition coefficient (Wildman–Crippen LogP) is -12.6. The first-order chi connectivity index (χ1) is 35.3. The number of carbonyl (C=O) groups is 3. The second kappa shape index (κ2) is 26.5. The summed E-state index contributed by atoms with van der Waals surface area (Å²) in [6, 6.07) is -4.92. The van der Waals surface area contributed by atoms with Crippen molar-refractivity contribution in [2.75, 3.05) is 33.0 Å². The van der Waals surface area contributed by atoms with E-state index in [0.29, 0.717) is 0 Å². The number of aliphatic hydroxyl groups is 16. The van der Waals surface area contributed by atoms with Crippen LogP contribution in [0.4, 0.5) is 0 Å². The van der Waals surface area contributed by atoms with Gasteiger partial charge in [-0.3, -0.25) is 14.4 Å². The molecule has 3 amide bonds. The third kappa shape index (κ3) is 13.9. The lowest BCUT2D eigenvalue weighted by Gasteiger charge is -2.49. The van der Waals surface area contributed by atoms with Crippen molar-refractivity contribution in [1.29, 1.82) is 0 Å². The SMILES string of the molecule is CC(=O)N[C@H]1[C@H](O[C@H]2[C@H](O)[C@@H](NC(C)=O)C(O)O[C@@H]2CO[C@@H]2O[C@@H](C)[C@@H](O)[C@@H](O)[C@@H]2O)O[C@H](CO)[C@@H](O[C@@H]2O[C@H](CO[C@H]3O[C@H](CO)[C@@H](O)[C@H](O)[C@@H]3O[C@@H]3O[C@H](CO)[C@@H](O)[C@H](O)[C@H]3NC(C)=O)[C@@H](O)[C@H](O)[C@@H]2O)[C@@H]1O. The van der Waals surface area contributed by atoms with E-state index in [2.05, 4.69) is 16.0 Å². The van der Waals surface area contributed by atoms with Crippen LogP contribution in [0.2, 0.25) is 0 Å². The number of hydrogen-bond donors (Lipinski definition) is 19. The molecular formula is C42H71N3O30. The quantitative estimate of drug-likeness (QED) is 0.0606. The first-order valence-corrected chi connectivity index (χ1v) is 23.9. The molecule has 1 unspecified atom stereocenters. The van der Waals surface area contributed by atoms with Crippen molar-refractivity contribution in [3.63, 3.8) is 0 Å². The Morgan fingerprint density at radius 1 is 0.373 bits per heavy atom. The highest BCUT2D eigenvalue weighted by molar-refractivity contribution is 5.74. The van der Waals surface area contributed by atoms with E-state index in [1.54, 1.807) is 0 Å². The van der Waals surface area contributed by atoms with Crippen molar-refractivity contribution in [3.05, 3.63) is 0 Å². The number of nitrogens with one attached hydrogen (secondary N) is 3. The molecule has 6 heterocycles. The van der Waals surface area contributed by atoms with Crippen molar-refractivity contribution in [2.45, 2.75) is 212 Å². The summed E-state index contributed by atoms with van der Waals surface area (Å²) in [7, 11) is 0. The average Bonchev–Trinajstić information content (AvgIpc) is 3.36. The molecule has 6 rings (SSSR count). The van der Waals surface area contributed by atoms with Crippen molar-refractivity contribution in [1.82, 2.24) is 16.0 Å². The van der Waals surface area contributed by atoms with E-state index in [4.69, 9.17) is 52.1 Å². The van der Waals surface area contributed by atoms with Crippen LogP contribution in [-0.2, 0) is 66.5 Å². The molecule has 6 aliphatic rings. The van der Waals surface area contributed by atoms with E-state index in [-0.39, 0.29) is 0 Å². The molecule has 33 nitrogen and oxygen atoms in total. The molecule has 33 heteroatoms. The van der Waals surface area contributed by atoms with Gasteiger partial charge in [0.1, 0.15) is 140 Å². The molecule has 0 aromatic heterocycles. The second-order valence-corrected chi connectivity index (χ2v) is 19.0. The Hall–Kier alpha value is -2.67. The molecule has 75 heavy (non-hydrogen) atoms. The largest absolute Gasteiger partial charge is 0.394 e. The molecule has 0 aromatic rings. The minimum absolute atomic E-state index is 0.715. The fraction of sp³-hybridized carbons (Fsp3) is 0.929. The van der Waals surface area contributed by atoms with E-state index in [9.17, 15) is 96.1 Å². The van der Waals surface area contributed by atoms with Crippen molar-refractivity contribution in [2.24, 2.45) is 0 Å². The number of rotatable bonds is 18. The van der Waals surface area contributed by atoms with Gasteiger partial charge in [0.25, 0.3) is 0 Å². The van der Waals surface area contributed by atoms with Crippen LogP contribution >= 0.6 is 0 Å². The summed E-state index contributed by atoms with van der Waals surface area (Å²) in [6.07, 6.45) is -48.7. The molecule has 0 aromatic carbocycles. The summed E-state index contributed by atoms with van der Waals surface area (Å²) < 4.78 is 63.4. The Labute approximate surface area is 426 Å². The maximum Gasteiger partial charge on any atom is 0.217 e. The van der Waals surface area contributed by atoms with Crippen LogP contribution in [0.15, 0.2) is 0 Å². The maximum atomic E-state index is 12.6. The lowest BCUT2D eigenvalue weighted by molar-refractivity contribution is -0.374. The Balaban J connectivity index is 1.20. The van der Waals surface area contributed by atoms with Crippen LogP contribution < -0.4 is 16.0 Å². The third-order valence-electron chi connectivity index (χ3n) is 13.6. The lowest BCUT2D eigenvalue weighted by atomic mass is 9.94. The van der Waals surface area contributed by atoms with E-state index < -0.39 is 235 Å². The highest BCUT2D eigenvalue weighted by atomic mass is 16.8. The number of carbonyl (C=O) groups excluding carboxylic acids is 3. The Morgan fingerprint density at radius 2 is 0.773 bits per heavy atom. The number of amides is 3. The van der Waals surface area contributed by atoms with Gasteiger partial charge in [0.05, 0.1) is 39.1 Å². The van der Waals surface area contributed by atoms with Gasteiger partial charge in [0.2, 0.25) is 17.7 Å².